The normalized spacial score (nSPS) is 11.2. The zero-order chi connectivity index (χ0) is 22.6. The van der Waals surface area contributed by atoms with Crippen LogP contribution in [-0.2, 0) is 6.54 Å². The first kappa shape index (κ1) is 21.8. The number of hydrogen-bond donors (Lipinski definition) is 1. The molecule has 0 radical (unpaired) electrons. The maximum absolute atomic E-state index is 12.6. The zero-order valence-corrected chi connectivity index (χ0v) is 16.2. The number of aryl methyl sites for hydroxylation is 1. The van der Waals surface area contributed by atoms with Crippen molar-refractivity contribution in [1.29, 1.82) is 0 Å². The van der Waals surface area contributed by atoms with Gasteiger partial charge in [-0.1, -0.05) is 12.1 Å². The van der Waals surface area contributed by atoms with Crippen molar-refractivity contribution in [2.75, 3.05) is 11.9 Å². The van der Waals surface area contributed by atoms with E-state index in [0.29, 0.717) is 12.2 Å². The number of imidazole rings is 1. The highest BCUT2D eigenvalue weighted by Gasteiger charge is 2.29. The molecule has 0 spiro atoms. The number of hydrogen-bond acceptors (Lipinski definition) is 5. The average Bonchev–Trinajstić information content (AvgIpc) is 3.11. The Morgan fingerprint density at radius 3 is 2.52 bits per heavy atom. The summed E-state index contributed by atoms with van der Waals surface area (Å²) in [6.07, 6.45) is -1.07. The van der Waals surface area contributed by atoms with Crippen LogP contribution >= 0.6 is 0 Å². The van der Waals surface area contributed by atoms with Crippen molar-refractivity contribution in [3.8, 4) is 5.75 Å². The quantitative estimate of drug-likeness (QED) is 0.441. The maximum atomic E-state index is 12.6. The van der Waals surface area contributed by atoms with Gasteiger partial charge in [0.15, 0.2) is 6.61 Å². The molecule has 0 saturated carbocycles. The van der Waals surface area contributed by atoms with Gasteiger partial charge in [-0.05, 0) is 36.8 Å². The highest BCUT2D eigenvalue weighted by Crippen LogP contribution is 2.27. The van der Waals surface area contributed by atoms with E-state index >= 15 is 0 Å². The molecule has 1 N–H and O–H groups in total. The Labute approximate surface area is 174 Å². The fourth-order valence-corrected chi connectivity index (χ4v) is 2.77. The number of rotatable bonds is 7. The molecule has 1 aromatic heterocycles. The van der Waals surface area contributed by atoms with Crippen LogP contribution in [0.5, 0.6) is 5.75 Å². The molecule has 1 amide bonds. The summed E-state index contributed by atoms with van der Waals surface area (Å²) in [5, 5.41) is 13.7. The monoisotopic (exact) mass is 434 g/mol. The van der Waals surface area contributed by atoms with Crippen LogP contribution in [0, 0.1) is 17.0 Å². The number of halogens is 3. The van der Waals surface area contributed by atoms with Crippen LogP contribution in [0.25, 0.3) is 0 Å². The number of anilines is 1. The summed E-state index contributed by atoms with van der Waals surface area (Å²) in [6.45, 7) is 0.863. The van der Waals surface area contributed by atoms with E-state index in [0.717, 1.165) is 29.6 Å². The van der Waals surface area contributed by atoms with Gasteiger partial charge in [-0.2, -0.15) is 13.2 Å². The van der Waals surface area contributed by atoms with Crippen LogP contribution in [0.1, 0.15) is 21.7 Å². The van der Waals surface area contributed by atoms with Crippen LogP contribution in [-0.4, -0.2) is 33.2 Å². The van der Waals surface area contributed by atoms with Crippen molar-refractivity contribution in [3.63, 3.8) is 0 Å². The predicted octanol–water partition coefficient (Wildman–Crippen LogP) is 4.34. The average molecular weight is 434 g/mol. The molecule has 0 aliphatic rings. The maximum Gasteiger partial charge on any atom is 0.422 e. The summed E-state index contributed by atoms with van der Waals surface area (Å²) in [7, 11) is 0. The second kappa shape index (κ2) is 8.86. The van der Waals surface area contributed by atoms with Gasteiger partial charge in [0, 0.05) is 30.7 Å². The number of ether oxygens (including phenoxy) is 1. The minimum atomic E-state index is -4.58. The van der Waals surface area contributed by atoms with Gasteiger partial charge in [-0.15, -0.1) is 0 Å². The summed E-state index contributed by atoms with van der Waals surface area (Å²) in [5.41, 5.74) is 0.339. The molecule has 3 rings (SSSR count). The lowest BCUT2D eigenvalue weighted by molar-refractivity contribution is -0.385. The largest absolute Gasteiger partial charge is 0.484 e. The molecule has 0 atom stereocenters. The Balaban J connectivity index is 1.75. The Bertz CT molecular complexity index is 1090. The molecule has 0 bridgehead atoms. The first-order chi connectivity index (χ1) is 14.6. The smallest absolute Gasteiger partial charge is 0.422 e. The number of nitro groups is 1. The molecular weight excluding hydrogens is 417 g/mol. The Kier molecular flexibility index (Phi) is 6.23. The fraction of sp³-hybridized carbons (Fsp3) is 0.200. The summed E-state index contributed by atoms with van der Waals surface area (Å²) in [5.74, 6) is -0.307. The number of nitro benzene ring substituents is 1. The number of benzene rings is 2. The van der Waals surface area contributed by atoms with Gasteiger partial charge in [0.25, 0.3) is 11.6 Å². The molecule has 0 aliphatic heterocycles. The second-order valence-electron chi connectivity index (χ2n) is 6.59. The van der Waals surface area contributed by atoms with Crippen molar-refractivity contribution in [2.45, 2.75) is 19.6 Å². The molecule has 3 aromatic rings. The molecule has 1 heterocycles. The Morgan fingerprint density at radius 1 is 1.23 bits per heavy atom. The van der Waals surface area contributed by atoms with Crippen molar-refractivity contribution in [1.82, 2.24) is 9.55 Å². The van der Waals surface area contributed by atoms with Gasteiger partial charge in [0.1, 0.15) is 17.1 Å². The molecule has 31 heavy (non-hydrogen) atoms. The summed E-state index contributed by atoms with van der Waals surface area (Å²) >= 11 is 0. The van der Waals surface area contributed by atoms with Gasteiger partial charge in [-0.3, -0.25) is 14.9 Å². The van der Waals surface area contributed by atoms with Crippen molar-refractivity contribution >= 4 is 17.3 Å². The summed E-state index contributed by atoms with van der Waals surface area (Å²) in [6, 6.07) is 9.63. The van der Waals surface area contributed by atoms with Crippen molar-refractivity contribution < 1.29 is 27.6 Å². The number of nitrogens with one attached hydrogen (secondary N) is 1. The molecule has 0 aliphatic carbocycles. The van der Waals surface area contributed by atoms with Crippen molar-refractivity contribution in [3.05, 3.63) is 81.9 Å². The van der Waals surface area contributed by atoms with Crippen LogP contribution in [0.15, 0.2) is 54.9 Å². The first-order valence-corrected chi connectivity index (χ1v) is 8.98. The second-order valence-corrected chi connectivity index (χ2v) is 6.59. The zero-order valence-electron chi connectivity index (χ0n) is 16.2. The molecule has 11 heteroatoms. The molecule has 0 saturated heterocycles. The Morgan fingerprint density at radius 2 is 1.94 bits per heavy atom. The highest BCUT2D eigenvalue weighted by atomic mass is 19.4. The van der Waals surface area contributed by atoms with E-state index in [1.54, 1.807) is 30.5 Å². The van der Waals surface area contributed by atoms with Crippen molar-refractivity contribution in [2.24, 2.45) is 0 Å². The van der Waals surface area contributed by atoms with Gasteiger partial charge in [0.05, 0.1) is 4.92 Å². The van der Waals surface area contributed by atoms with E-state index in [-0.39, 0.29) is 5.75 Å². The number of carbonyl (C=O) groups is 1. The lowest BCUT2D eigenvalue weighted by Crippen LogP contribution is -2.20. The van der Waals surface area contributed by atoms with E-state index in [4.69, 9.17) is 0 Å². The molecule has 0 fully saturated rings. The SMILES string of the molecule is Cc1nccn1Cc1ccc(NC(=O)c2cc(OCC(F)(F)F)ccc2[N+](=O)[O-])cc1. The van der Waals surface area contributed by atoms with E-state index in [2.05, 4.69) is 15.0 Å². The lowest BCUT2D eigenvalue weighted by atomic mass is 10.1. The lowest BCUT2D eigenvalue weighted by Gasteiger charge is -2.11. The standard InChI is InChI=1S/C20H17F3N4O4/c1-13-24-8-9-26(13)11-14-2-4-15(5-3-14)25-19(28)17-10-16(31-12-20(21,22)23)6-7-18(17)27(29)30/h2-10H,11-12H2,1H3,(H,25,28). The topological polar surface area (TPSA) is 99.3 Å². The molecule has 8 nitrogen and oxygen atoms in total. The number of nitrogens with zero attached hydrogens (tertiary/aromatic N) is 3. The third-order valence-corrected chi connectivity index (χ3v) is 4.30. The molecular formula is C20H17F3N4O4. The number of amides is 1. The molecule has 2 aromatic carbocycles. The summed E-state index contributed by atoms with van der Waals surface area (Å²) < 4.78 is 43.6. The number of alkyl halides is 3. The van der Waals surface area contributed by atoms with Gasteiger partial charge < -0.3 is 14.6 Å². The number of carbonyl (C=O) groups excluding carboxylic acids is 1. The first-order valence-electron chi connectivity index (χ1n) is 8.98. The number of aromatic nitrogens is 2. The third kappa shape index (κ3) is 5.81. The minimum Gasteiger partial charge on any atom is -0.484 e. The van der Waals surface area contributed by atoms with Crippen LogP contribution in [0.4, 0.5) is 24.5 Å². The van der Waals surface area contributed by atoms with Crippen LogP contribution in [0.2, 0.25) is 0 Å². The van der Waals surface area contributed by atoms with E-state index < -0.39 is 34.9 Å². The predicted molar refractivity (Wildman–Crippen MR) is 105 cm³/mol. The fourth-order valence-electron chi connectivity index (χ4n) is 2.77. The Hall–Kier alpha value is -3.89. The van der Waals surface area contributed by atoms with E-state index in [9.17, 15) is 28.1 Å². The molecule has 162 valence electrons. The summed E-state index contributed by atoms with van der Waals surface area (Å²) in [4.78, 5) is 27.1. The van der Waals surface area contributed by atoms with Crippen LogP contribution < -0.4 is 10.1 Å². The van der Waals surface area contributed by atoms with Gasteiger partial charge >= 0.3 is 6.18 Å². The third-order valence-electron chi connectivity index (χ3n) is 4.30. The van der Waals surface area contributed by atoms with E-state index in [1.807, 2.05) is 17.7 Å². The minimum absolute atomic E-state index is 0.306. The van der Waals surface area contributed by atoms with Gasteiger partial charge in [-0.25, -0.2) is 4.98 Å². The molecule has 0 unspecified atom stereocenters. The van der Waals surface area contributed by atoms with Gasteiger partial charge in [0.2, 0.25) is 0 Å². The van der Waals surface area contributed by atoms with Crippen LogP contribution in [0.3, 0.4) is 0 Å². The highest BCUT2D eigenvalue weighted by molar-refractivity contribution is 6.07. The van der Waals surface area contributed by atoms with E-state index in [1.165, 1.54) is 0 Å².